The van der Waals surface area contributed by atoms with E-state index < -0.39 is 10.0 Å². The predicted octanol–water partition coefficient (Wildman–Crippen LogP) is 2.78. The summed E-state index contributed by atoms with van der Waals surface area (Å²) in [5, 5.41) is 3.75. The number of hydrogen-bond donors (Lipinski definition) is 2. The molecule has 0 heterocycles. The highest BCUT2D eigenvalue weighted by Crippen LogP contribution is 2.26. The fourth-order valence-corrected chi connectivity index (χ4v) is 1.99. The Bertz CT molecular complexity index is 486. The first kappa shape index (κ1) is 14.1. The topological polar surface area (TPSA) is 58.2 Å². The Balaban J connectivity index is 2.86. The minimum atomic E-state index is -3.26. The van der Waals surface area contributed by atoms with E-state index in [-0.39, 0.29) is 0 Å². The van der Waals surface area contributed by atoms with Gasteiger partial charge in [0.25, 0.3) is 0 Å². The number of rotatable bonds is 5. The third-order valence-corrected chi connectivity index (χ3v) is 2.91. The van der Waals surface area contributed by atoms with Crippen molar-refractivity contribution in [2.75, 3.05) is 22.8 Å². The Morgan fingerprint density at radius 3 is 2.53 bits per heavy atom. The van der Waals surface area contributed by atoms with Crippen LogP contribution in [-0.2, 0) is 10.0 Å². The summed E-state index contributed by atoms with van der Waals surface area (Å²) in [7, 11) is -3.26. The van der Waals surface area contributed by atoms with Gasteiger partial charge in [0.05, 0.1) is 22.7 Å². The average molecular weight is 277 g/mol. The summed E-state index contributed by atoms with van der Waals surface area (Å²) in [6.07, 6.45) is 1.11. The van der Waals surface area contributed by atoms with E-state index in [0.717, 1.165) is 18.5 Å². The molecule has 0 aliphatic carbocycles. The molecule has 0 amide bonds. The second kappa shape index (κ2) is 5.60. The first-order valence-corrected chi connectivity index (χ1v) is 7.56. The maximum Gasteiger partial charge on any atom is 0.229 e. The fourth-order valence-electron chi connectivity index (χ4n) is 1.25. The molecule has 0 aromatic heterocycles. The molecule has 0 aliphatic rings. The van der Waals surface area contributed by atoms with Crippen molar-refractivity contribution in [1.82, 2.24) is 0 Å². The van der Waals surface area contributed by atoms with Gasteiger partial charge in [-0.05, 0) is 24.1 Å². The molecular weight excluding hydrogens is 260 g/mol. The third-order valence-electron chi connectivity index (χ3n) is 1.97. The van der Waals surface area contributed by atoms with Crippen molar-refractivity contribution in [3.63, 3.8) is 0 Å². The van der Waals surface area contributed by atoms with Crippen LogP contribution < -0.4 is 10.0 Å². The van der Waals surface area contributed by atoms with Crippen molar-refractivity contribution in [2.24, 2.45) is 5.92 Å². The lowest BCUT2D eigenvalue weighted by molar-refractivity contribution is 0.607. The van der Waals surface area contributed by atoms with E-state index in [0.29, 0.717) is 16.6 Å². The number of benzene rings is 1. The Hall–Kier alpha value is -0.940. The van der Waals surface area contributed by atoms with E-state index in [2.05, 4.69) is 23.9 Å². The predicted molar refractivity (Wildman–Crippen MR) is 73.2 cm³/mol. The summed E-state index contributed by atoms with van der Waals surface area (Å²) < 4.78 is 24.6. The van der Waals surface area contributed by atoms with Crippen LogP contribution in [0.3, 0.4) is 0 Å². The smallest absolute Gasteiger partial charge is 0.229 e. The zero-order valence-corrected chi connectivity index (χ0v) is 11.7. The number of anilines is 2. The van der Waals surface area contributed by atoms with Crippen molar-refractivity contribution < 1.29 is 8.42 Å². The zero-order chi connectivity index (χ0) is 13.1. The van der Waals surface area contributed by atoms with Gasteiger partial charge in [0.15, 0.2) is 0 Å². The molecule has 0 radical (unpaired) electrons. The van der Waals surface area contributed by atoms with E-state index >= 15 is 0 Å². The molecule has 0 spiro atoms. The van der Waals surface area contributed by atoms with Crippen molar-refractivity contribution in [3.8, 4) is 0 Å². The first-order valence-electron chi connectivity index (χ1n) is 5.29. The van der Waals surface area contributed by atoms with Gasteiger partial charge in [-0.15, -0.1) is 0 Å². The summed E-state index contributed by atoms with van der Waals surface area (Å²) in [4.78, 5) is 0. The maximum absolute atomic E-state index is 11.1. The number of hydrogen-bond acceptors (Lipinski definition) is 3. The molecule has 0 unspecified atom stereocenters. The molecular formula is C11H17ClN2O2S. The molecule has 1 aromatic rings. The Morgan fingerprint density at radius 1 is 1.35 bits per heavy atom. The molecule has 0 saturated carbocycles. The van der Waals surface area contributed by atoms with Gasteiger partial charge in [-0.2, -0.15) is 0 Å². The minimum absolute atomic E-state index is 0.484. The Labute approximate surface area is 107 Å². The lowest BCUT2D eigenvalue weighted by Crippen LogP contribution is -2.11. The molecule has 0 atom stereocenters. The summed E-state index contributed by atoms with van der Waals surface area (Å²) in [6, 6.07) is 4.98. The molecule has 0 saturated heterocycles. The van der Waals surface area contributed by atoms with Crippen molar-refractivity contribution in [1.29, 1.82) is 0 Å². The molecule has 0 fully saturated rings. The van der Waals surface area contributed by atoms with Crippen LogP contribution in [0.1, 0.15) is 13.8 Å². The van der Waals surface area contributed by atoms with Gasteiger partial charge >= 0.3 is 0 Å². The van der Waals surface area contributed by atoms with Gasteiger partial charge in [0, 0.05) is 6.54 Å². The molecule has 4 nitrogen and oxygen atoms in total. The highest BCUT2D eigenvalue weighted by molar-refractivity contribution is 7.92. The van der Waals surface area contributed by atoms with Crippen LogP contribution in [0, 0.1) is 5.92 Å². The van der Waals surface area contributed by atoms with E-state index in [9.17, 15) is 8.42 Å². The Morgan fingerprint density at radius 2 is 2.00 bits per heavy atom. The zero-order valence-electron chi connectivity index (χ0n) is 10.1. The van der Waals surface area contributed by atoms with Crippen LogP contribution in [0.5, 0.6) is 0 Å². The molecule has 96 valence electrons. The molecule has 1 rings (SSSR count). The van der Waals surface area contributed by atoms with Crippen LogP contribution in [0.4, 0.5) is 11.4 Å². The van der Waals surface area contributed by atoms with Gasteiger partial charge in [-0.25, -0.2) is 8.42 Å². The van der Waals surface area contributed by atoms with Gasteiger partial charge in [-0.1, -0.05) is 25.4 Å². The molecule has 2 N–H and O–H groups in total. The van der Waals surface area contributed by atoms with Crippen LogP contribution in [0.15, 0.2) is 18.2 Å². The lowest BCUT2D eigenvalue weighted by Gasteiger charge is -2.12. The van der Waals surface area contributed by atoms with Crippen LogP contribution in [0.2, 0.25) is 5.02 Å². The number of nitrogens with one attached hydrogen (secondary N) is 2. The van der Waals surface area contributed by atoms with E-state index in [1.165, 1.54) is 0 Å². The van der Waals surface area contributed by atoms with Crippen LogP contribution in [-0.4, -0.2) is 21.2 Å². The van der Waals surface area contributed by atoms with Crippen molar-refractivity contribution in [3.05, 3.63) is 23.2 Å². The fraction of sp³-hybridized carbons (Fsp3) is 0.455. The number of halogens is 1. The maximum atomic E-state index is 11.1. The molecule has 1 aromatic carbocycles. The quantitative estimate of drug-likeness (QED) is 0.869. The minimum Gasteiger partial charge on any atom is -0.384 e. The highest BCUT2D eigenvalue weighted by Gasteiger charge is 2.06. The number of sulfonamides is 1. The van der Waals surface area contributed by atoms with Gasteiger partial charge in [-0.3, -0.25) is 4.72 Å². The SMILES string of the molecule is CC(C)CNc1cc(NS(C)(=O)=O)ccc1Cl. The van der Waals surface area contributed by atoms with Crippen LogP contribution in [0.25, 0.3) is 0 Å². The lowest BCUT2D eigenvalue weighted by atomic mass is 10.2. The van der Waals surface area contributed by atoms with E-state index in [1.807, 2.05) is 0 Å². The van der Waals surface area contributed by atoms with Gasteiger partial charge in [0.1, 0.15) is 0 Å². The molecule has 0 bridgehead atoms. The van der Waals surface area contributed by atoms with Gasteiger partial charge in [0.2, 0.25) is 10.0 Å². The van der Waals surface area contributed by atoms with E-state index in [4.69, 9.17) is 11.6 Å². The molecule has 6 heteroatoms. The average Bonchev–Trinajstić information content (AvgIpc) is 2.16. The summed E-state index contributed by atoms with van der Waals surface area (Å²) in [6.45, 7) is 4.95. The monoisotopic (exact) mass is 276 g/mol. The van der Waals surface area contributed by atoms with E-state index in [1.54, 1.807) is 18.2 Å². The van der Waals surface area contributed by atoms with Crippen molar-refractivity contribution in [2.45, 2.75) is 13.8 Å². The Kier molecular flexibility index (Phi) is 4.65. The molecule has 17 heavy (non-hydrogen) atoms. The second-order valence-electron chi connectivity index (χ2n) is 4.34. The first-order chi connectivity index (χ1) is 7.78. The highest BCUT2D eigenvalue weighted by atomic mass is 35.5. The summed E-state index contributed by atoms with van der Waals surface area (Å²) >= 11 is 6.01. The standard InChI is InChI=1S/C11H17ClN2O2S/c1-8(2)7-13-11-6-9(4-5-10(11)12)14-17(3,15)16/h4-6,8,13-14H,7H2,1-3H3. The normalized spacial score (nSPS) is 11.6. The summed E-state index contributed by atoms with van der Waals surface area (Å²) in [5.41, 5.74) is 1.23. The van der Waals surface area contributed by atoms with Crippen LogP contribution >= 0.6 is 11.6 Å². The third kappa shape index (κ3) is 5.28. The summed E-state index contributed by atoms with van der Waals surface area (Å²) in [5.74, 6) is 0.484. The van der Waals surface area contributed by atoms with Crippen molar-refractivity contribution >= 4 is 33.0 Å². The second-order valence-corrected chi connectivity index (χ2v) is 6.50. The van der Waals surface area contributed by atoms with Gasteiger partial charge < -0.3 is 5.32 Å². The largest absolute Gasteiger partial charge is 0.384 e. The molecule has 0 aliphatic heterocycles.